The molecule has 2 heterocycles. The SMILES string of the molecule is CC(C)N(C)c1cccc(NC(=O)c2ccn(C3CCCNC3)n2)c1.Cl. The maximum atomic E-state index is 12.5. The van der Waals surface area contributed by atoms with Crippen LogP contribution in [0.2, 0.25) is 0 Å². The number of carbonyl (C=O) groups is 1. The van der Waals surface area contributed by atoms with Crippen LogP contribution >= 0.6 is 12.4 Å². The lowest BCUT2D eigenvalue weighted by molar-refractivity contribution is 0.102. The number of nitrogens with zero attached hydrogens (tertiary/aromatic N) is 3. The van der Waals surface area contributed by atoms with E-state index in [0.29, 0.717) is 17.8 Å². The number of hydrogen-bond donors (Lipinski definition) is 2. The Hall–Kier alpha value is -2.05. The van der Waals surface area contributed by atoms with Gasteiger partial charge in [0.15, 0.2) is 5.69 Å². The number of benzene rings is 1. The summed E-state index contributed by atoms with van der Waals surface area (Å²) in [5, 5.41) is 10.8. The highest BCUT2D eigenvalue weighted by Gasteiger charge is 2.18. The van der Waals surface area contributed by atoms with Gasteiger partial charge in [-0.25, -0.2) is 0 Å². The zero-order valence-electron chi connectivity index (χ0n) is 15.6. The van der Waals surface area contributed by atoms with Crippen molar-refractivity contribution in [3.63, 3.8) is 0 Å². The van der Waals surface area contributed by atoms with E-state index in [1.807, 2.05) is 42.2 Å². The van der Waals surface area contributed by atoms with Crippen molar-refractivity contribution in [2.24, 2.45) is 0 Å². The Morgan fingerprint density at radius 3 is 2.88 bits per heavy atom. The van der Waals surface area contributed by atoms with Gasteiger partial charge in [-0.3, -0.25) is 9.48 Å². The molecule has 2 N–H and O–H groups in total. The van der Waals surface area contributed by atoms with Crippen molar-refractivity contribution in [2.45, 2.75) is 38.8 Å². The van der Waals surface area contributed by atoms with Crippen molar-refractivity contribution in [2.75, 3.05) is 30.4 Å². The predicted octanol–water partition coefficient (Wildman–Crippen LogP) is 3.33. The molecular formula is C19H28ClN5O. The Morgan fingerprint density at radius 2 is 2.19 bits per heavy atom. The van der Waals surface area contributed by atoms with Gasteiger partial charge >= 0.3 is 0 Å². The van der Waals surface area contributed by atoms with Crippen LogP contribution in [0.5, 0.6) is 0 Å². The zero-order chi connectivity index (χ0) is 17.8. The van der Waals surface area contributed by atoms with Gasteiger partial charge in [-0.15, -0.1) is 12.4 Å². The fourth-order valence-corrected chi connectivity index (χ4v) is 3.02. The number of aromatic nitrogens is 2. The van der Waals surface area contributed by atoms with Crippen LogP contribution in [0.4, 0.5) is 11.4 Å². The molecule has 0 saturated carbocycles. The maximum absolute atomic E-state index is 12.5. The molecule has 0 bridgehead atoms. The van der Waals surface area contributed by atoms with E-state index in [2.05, 4.69) is 34.5 Å². The largest absolute Gasteiger partial charge is 0.372 e. The van der Waals surface area contributed by atoms with E-state index in [-0.39, 0.29) is 18.3 Å². The molecule has 1 aromatic carbocycles. The summed E-state index contributed by atoms with van der Waals surface area (Å²) in [6.07, 6.45) is 4.14. The van der Waals surface area contributed by atoms with E-state index >= 15 is 0 Å². The molecule has 1 aromatic heterocycles. The van der Waals surface area contributed by atoms with E-state index in [9.17, 15) is 4.79 Å². The molecule has 0 aliphatic carbocycles. The van der Waals surface area contributed by atoms with Crippen molar-refractivity contribution in [1.82, 2.24) is 15.1 Å². The van der Waals surface area contributed by atoms with Gasteiger partial charge in [-0.2, -0.15) is 5.10 Å². The lowest BCUT2D eigenvalue weighted by Gasteiger charge is -2.24. The highest BCUT2D eigenvalue weighted by Crippen LogP contribution is 2.21. The molecule has 142 valence electrons. The second-order valence-corrected chi connectivity index (χ2v) is 6.89. The number of rotatable bonds is 5. The summed E-state index contributed by atoms with van der Waals surface area (Å²) in [4.78, 5) is 14.7. The Bertz CT molecular complexity index is 724. The number of anilines is 2. The maximum Gasteiger partial charge on any atom is 0.276 e. The molecule has 26 heavy (non-hydrogen) atoms. The summed E-state index contributed by atoms with van der Waals surface area (Å²) in [5.74, 6) is -0.174. The second-order valence-electron chi connectivity index (χ2n) is 6.89. The zero-order valence-corrected chi connectivity index (χ0v) is 16.4. The summed E-state index contributed by atoms with van der Waals surface area (Å²) in [5.41, 5.74) is 2.31. The van der Waals surface area contributed by atoms with Crippen molar-refractivity contribution < 1.29 is 4.79 Å². The minimum Gasteiger partial charge on any atom is -0.372 e. The van der Waals surface area contributed by atoms with Crippen molar-refractivity contribution in [3.8, 4) is 0 Å². The number of piperidine rings is 1. The monoisotopic (exact) mass is 377 g/mol. The van der Waals surface area contributed by atoms with Gasteiger partial charge in [-0.1, -0.05) is 6.07 Å². The van der Waals surface area contributed by atoms with Crippen LogP contribution in [-0.2, 0) is 0 Å². The summed E-state index contributed by atoms with van der Waals surface area (Å²) < 4.78 is 1.91. The molecule has 1 aliphatic heterocycles. The molecule has 6 nitrogen and oxygen atoms in total. The molecule has 1 aliphatic rings. The lowest BCUT2D eigenvalue weighted by Crippen LogP contribution is -2.32. The van der Waals surface area contributed by atoms with Gasteiger partial charge in [-0.05, 0) is 57.5 Å². The van der Waals surface area contributed by atoms with E-state index in [4.69, 9.17) is 0 Å². The van der Waals surface area contributed by atoms with Crippen molar-refractivity contribution in [1.29, 1.82) is 0 Å². The molecule has 1 atom stereocenters. The molecule has 3 rings (SSSR count). The van der Waals surface area contributed by atoms with E-state index in [1.165, 1.54) is 0 Å². The number of amides is 1. The molecule has 2 aromatic rings. The topological polar surface area (TPSA) is 62.2 Å². The first-order valence-corrected chi connectivity index (χ1v) is 8.94. The average molecular weight is 378 g/mol. The highest BCUT2D eigenvalue weighted by atomic mass is 35.5. The molecular weight excluding hydrogens is 350 g/mol. The number of carbonyl (C=O) groups excluding carboxylic acids is 1. The minimum absolute atomic E-state index is 0. The molecule has 1 fully saturated rings. The normalized spacial score (nSPS) is 16.8. The van der Waals surface area contributed by atoms with Crippen LogP contribution in [0.15, 0.2) is 36.5 Å². The van der Waals surface area contributed by atoms with Crippen molar-refractivity contribution in [3.05, 3.63) is 42.2 Å². The third-order valence-corrected chi connectivity index (χ3v) is 4.77. The van der Waals surface area contributed by atoms with E-state index in [1.54, 1.807) is 6.07 Å². The average Bonchev–Trinajstić information content (AvgIpc) is 3.12. The molecule has 0 radical (unpaired) electrons. The van der Waals surface area contributed by atoms with Crippen LogP contribution in [0.1, 0.15) is 43.2 Å². The third-order valence-electron chi connectivity index (χ3n) is 4.77. The summed E-state index contributed by atoms with van der Waals surface area (Å²) >= 11 is 0. The van der Waals surface area contributed by atoms with Gasteiger partial charge in [0, 0.05) is 37.2 Å². The molecule has 1 amide bonds. The van der Waals surface area contributed by atoms with E-state index in [0.717, 1.165) is 37.3 Å². The quantitative estimate of drug-likeness (QED) is 0.839. The Kier molecular flexibility index (Phi) is 7.06. The van der Waals surface area contributed by atoms with Crippen LogP contribution in [0.3, 0.4) is 0 Å². The van der Waals surface area contributed by atoms with Gasteiger partial charge in [0.1, 0.15) is 0 Å². The van der Waals surface area contributed by atoms with Crippen LogP contribution in [0.25, 0.3) is 0 Å². The molecule has 1 unspecified atom stereocenters. The van der Waals surface area contributed by atoms with E-state index < -0.39 is 0 Å². The van der Waals surface area contributed by atoms with Crippen LogP contribution in [0, 0.1) is 0 Å². The minimum atomic E-state index is -0.174. The Balaban J connectivity index is 0.00000243. The third kappa shape index (κ3) is 4.77. The summed E-state index contributed by atoms with van der Waals surface area (Å²) in [6, 6.07) is 10.4. The van der Waals surface area contributed by atoms with Crippen LogP contribution < -0.4 is 15.5 Å². The standard InChI is InChI=1S/C19H27N5O.ClH/c1-14(2)23(3)16-7-4-6-15(12-16)21-19(25)18-9-11-24(22-18)17-8-5-10-20-13-17;/h4,6-7,9,11-12,14,17,20H,5,8,10,13H2,1-3H3,(H,21,25);1H. The highest BCUT2D eigenvalue weighted by molar-refractivity contribution is 6.03. The number of halogens is 1. The van der Waals surface area contributed by atoms with Gasteiger partial charge < -0.3 is 15.5 Å². The first kappa shape index (κ1) is 20.3. The first-order valence-electron chi connectivity index (χ1n) is 8.94. The summed E-state index contributed by atoms with van der Waals surface area (Å²) in [6.45, 7) is 6.24. The summed E-state index contributed by atoms with van der Waals surface area (Å²) in [7, 11) is 2.05. The Labute approximate surface area is 161 Å². The lowest BCUT2D eigenvalue weighted by atomic mass is 10.1. The predicted molar refractivity (Wildman–Crippen MR) is 109 cm³/mol. The first-order chi connectivity index (χ1) is 12.0. The number of nitrogens with one attached hydrogen (secondary N) is 2. The van der Waals surface area contributed by atoms with Gasteiger partial charge in [0.25, 0.3) is 5.91 Å². The fraction of sp³-hybridized carbons (Fsp3) is 0.474. The van der Waals surface area contributed by atoms with Crippen molar-refractivity contribution >= 4 is 29.7 Å². The molecule has 1 saturated heterocycles. The van der Waals surface area contributed by atoms with Gasteiger partial charge in [0.2, 0.25) is 0 Å². The van der Waals surface area contributed by atoms with Gasteiger partial charge in [0.05, 0.1) is 6.04 Å². The molecule has 0 spiro atoms. The number of hydrogen-bond acceptors (Lipinski definition) is 4. The second kappa shape index (κ2) is 9.05. The smallest absolute Gasteiger partial charge is 0.276 e. The fourth-order valence-electron chi connectivity index (χ4n) is 3.02. The molecule has 7 heteroatoms. The Morgan fingerprint density at radius 1 is 1.38 bits per heavy atom. The van der Waals surface area contributed by atoms with Crippen LogP contribution in [-0.4, -0.2) is 41.9 Å².